The van der Waals surface area contributed by atoms with Crippen molar-refractivity contribution in [1.29, 1.82) is 0 Å². The van der Waals surface area contributed by atoms with Crippen LogP contribution in [0.5, 0.6) is 0 Å². The van der Waals surface area contributed by atoms with Crippen molar-refractivity contribution in [1.82, 2.24) is 4.98 Å². The number of hydrogen-bond acceptors (Lipinski definition) is 2. The molecule has 0 fully saturated rings. The van der Waals surface area contributed by atoms with E-state index in [2.05, 4.69) is 54.4 Å². The second-order valence-corrected chi connectivity index (χ2v) is 4.99. The molecule has 2 heteroatoms. The lowest BCUT2D eigenvalue weighted by Crippen LogP contribution is -1.79. The summed E-state index contributed by atoms with van der Waals surface area (Å²) in [5.41, 5.74) is 3.58. The lowest BCUT2D eigenvalue weighted by Gasteiger charge is -2.01. The van der Waals surface area contributed by atoms with Crippen LogP contribution < -0.4 is 0 Å². The van der Waals surface area contributed by atoms with Crippen molar-refractivity contribution < 1.29 is 0 Å². The van der Waals surface area contributed by atoms with Crippen LogP contribution in [-0.4, -0.2) is 4.98 Å². The zero-order valence-electron chi connectivity index (χ0n) is 11.0. The van der Waals surface area contributed by atoms with Gasteiger partial charge in [-0.3, -0.25) is 0 Å². The predicted octanol–water partition coefficient (Wildman–Crippen LogP) is 5.30. The number of aromatic nitrogens is 1. The van der Waals surface area contributed by atoms with Gasteiger partial charge in [0.15, 0.2) is 0 Å². The van der Waals surface area contributed by atoms with E-state index in [0.29, 0.717) is 0 Å². The number of hydrogen-bond donors (Lipinski definition) is 0. The zero-order valence-corrected chi connectivity index (χ0v) is 11.8. The van der Waals surface area contributed by atoms with Gasteiger partial charge in [0, 0.05) is 5.56 Å². The molecule has 0 atom stereocenters. The van der Waals surface area contributed by atoms with Crippen LogP contribution in [0.15, 0.2) is 48.5 Å². The van der Waals surface area contributed by atoms with Crippen molar-refractivity contribution in [3.05, 3.63) is 53.5 Å². The molecule has 0 amide bonds. The highest BCUT2D eigenvalue weighted by Crippen LogP contribution is 2.30. The number of benzene rings is 2. The fourth-order valence-corrected chi connectivity index (χ4v) is 2.76. The van der Waals surface area contributed by atoms with Gasteiger partial charge < -0.3 is 0 Å². The topological polar surface area (TPSA) is 12.9 Å². The standard InChI is InChI=1S/C14H11NS.C2H6/c1-10-15-14-12(8-5-9-13(14)16-10)11-6-3-2-4-7-11;1-2/h2-9H,1H3;1-2H3. The maximum absolute atomic E-state index is 4.61. The number of aryl methyl sites for hydroxylation is 1. The maximum Gasteiger partial charge on any atom is 0.0908 e. The highest BCUT2D eigenvalue weighted by atomic mass is 32.1. The first kappa shape index (κ1) is 12.8. The molecule has 1 nitrogen and oxygen atoms in total. The molecular formula is C16H17NS. The molecular weight excluding hydrogens is 238 g/mol. The van der Waals surface area contributed by atoms with Crippen molar-refractivity contribution in [2.24, 2.45) is 0 Å². The van der Waals surface area contributed by atoms with E-state index in [0.717, 1.165) is 10.5 Å². The number of thiazole rings is 1. The second kappa shape index (κ2) is 5.78. The average Bonchev–Trinajstić information content (AvgIpc) is 2.82. The third-order valence-electron chi connectivity index (χ3n) is 2.61. The third kappa shape index (κ3) is 2.44. The Morgan fingerprint density at radius 3 is 2.33 bits per heavy atom. The van der Waals surface area contributed by atoms with Crippen molar-refractivity contribution in [2.75, 3.05) is 0 Å². The van der Waals surface area contributed by atoms with Crippen LogP contribution in [0.4, 0.5) is 0 Å². The molecule has 0 aliphatic carbocycles. The Labute approximate surface area is 112 Å². The number of nitrogens with zero attached hydrogens (tertiary/aromatic N) is 1. The minimum Gasteiger partial charge on any atom is -0.241 e. The first-order valence-corrected chi connectivity index (χ1v) is 7.08. The van der Waals surface area contributed by atoms with Gasteiger partial charge in [0.1, 0.15) is 0 Å². The van der Waals surface area contributed by atoms with Gasteiger partial charge in [-0.1, -0.05) is 56.3 Å². The van der Waals surface area contributed by atoms with Gasteiger partial charge >= 0.3 is 0 Å². The molecule has 0 unspecified atom stereocenters. The van der Waals surface area contributed by atoms with E-state index >= 15 is 0 Å². The van der Waals surface area contributed by atoms with E-state index in [-0.39, 0.29) is 0 Å². The summed E-state index contributed by atoms with van der Waals surface area (Å²) < 4.78 is 1.26. The van der Waals surface area contributed by atoms with Crippen molar-refractivity contribution in [3.8, 4) is 11.1 Å². The molecule has 3 aromatic rings. The summed E-state index contributed by atoms with van der Waals surface area (Å²) in [5, 5.41) is 1.12. The van der Waals surface area contributed by atoms with E-state index in [9.17, 15) is 0 Å². The molecule has 0 bridgehead atoms. The Balaban J connectivity index is 0.000000574. The SMILES string of the molecule is CC.Cc1nc2c(-c3ccccc3)cccc2s1. The van der Waals surface area contributed by atoms with Crippen LogP contribution in [-0.2, 0) is 0 Å². The van der Waals surface area contributed by atoms with Crippen molar-refractivity contribution in [2.45, 2.75) is 20.8 Å². The van der Waals surface area contributed by atoms with Crippen molar-refractivity contribution in [3.63, 3.8) is 0 Å². The summed E-state index contributed by atoms with van der Waals surface area (Å²) in [4.78, 5) is 4.61. The quantitative estimate of drug-likeness (QED) is 0.575. The third-order valence-corrected chi connectivity index (χ3v) is 3.55. The summed E-state index contributed by atoms with van der Waals surface area (Å²) in [5.74, 6) is 0. The minimum atomic E-state index is 1.12. The lowest BCUT2D eigenvalue weighted by molar-refractivity contribution is 1.35. The number of para-hydroxylation sites is 1. The molecule has 0 N–H and O–H groups in total. The van der Waals surface area contributed by atoms with Gasteiger partial charge in [0.25, 0.3) is 0 Å². The van der Waals surface area contributed by atoms with Crippen LogP contribution in [0.3, 0.4) is 0 Å². The minimum absolute atomic E-state index is 1.12. The maximum atomic E-state index is 4.61. The summed E-state index contributed by atoms with van der Waals surface area (Å²) in [6.45, 7) is 6.06. The molecule has 3 rings (SSSR count). The summed E-state index contributed by atoms with van der Waals surface area (Å²) in [7, 11) is 0. The van der Waals surface area contributed by atoms with E-state index in [1.807, 2.05) is 19.9 Å². The Morgan fingerprint density at radius 1 is 0.889 bits per heavy atom. The first-order chi connectivity index (χ1) is 8.84. The van der Waals surface area contributed by atoms with Crippen molar-refractivity contribution >= 4 is 21.6 Å². The molecule has 0 aliphatic heterocycles. The Hall–Kier alpha value is -1.67. The molecule has 2 aromatic carbocycles. The predicted molar refractivity (Wildman–Crippen MR) is 81.1 cm³/mol. The largest absolute Gasteiger partial charge is 0.241 e. The number of fused-ring (bicyclic) bond motifs is 1. The van der Waals surface area contributed by atoms with Gasteiger partial charge in [-0.05, 0) is 18.6 Å². The molecule has 92 valence electrons. The van der Waals surface area contributed by atoms with Crippen LogP contribution in [0.2, 0.25) is 0 Å². The Bertz CT molecular complexity index is 626. The van der Waals surface area contributed by atoms with Gasteiger partial charge in [0.05, 0.1) is 15.2 Å². The van der Waals surface area contributed by atoms with E-state index in [1.54, 1.807) is 11.3 Å². The van der Waals surface area contributed by atoms with Crippen LogP contribution in [0, 0.1) is 6.92 Å². The first-order valence-electron chi connectivity index (χ1n) is 6.26. The molecule has 0 aliphatic rings. The fourth-order valence-electron chi connectivity index (χ4n) is 1.91. The lowest BCUT2D eigenvalue weighted by atomic mass is 10.1. The molecule has 0 saturated heterocycles. The second-order valence-electron chi connectivity index (χ2n) is 3.75. The fraction of sp³-hybridized carbons (Fsp3) is 0.188. The molecule has 0 radical (unpaired) electrons. The Morgan fingerprint density at radius 2 is 1.61 bits per heavy atom. The van der Waals surface area contributed by atoms with Crippen LogP contribution in [0.25, 0.3) is 21.3 Å². The van der Waals surface area contributed by atoms with E-state index in [1.165, 1.54) is 15.8 Å². The van der Waals surface area contributed by atoms with Gasteiger partial charge in [-0.25, -0.2) is 4.98 Å². The Kier molecular flexibility index (Phi) is 4.11. The van der Waals surface area contributed by atoms with Gasteiger partial charge in [0.2, 0.25) is 0 Å². The van der Waals surface area contributed by atoms with Gasteiger partial charge in [-0.15, -0.1) is 11.3 Å². The summed E-state index contributed by atoms with van der Waals surface area (Å²) >= 11 is 1.75. The van der Waals surface area contributed by atoms with Crippen LogP contribution >= 0.6 is 11.3 Å². The highest BCUT2D eigenvalue weighted by molar-refractivity contribution is 7.18. The summed E-state index contributed by atoms with van der Waals surface area (Å²) in [6, 6.07) is 16.8. The molecule has 1 heterocycles. The molecule has 1 aromatic heterocycles. The van der Waals surface area contributed by atoms with E-state index in [4.69, 9.17) is 0 Å². The average molecular weight is 255 g/mol. The smallest absolute Gasteiger partial charge is 0.0908 e. The molecule has 18 heavy (non-hydrogen) atoms. The summed E-state index contributed by atoms with van der Waals surface area (Å²) in [6.07, 6.45) is 0. The number of rotatable bonds is 1. The van der Waals surface area contributed by atoms with Gasteiger partial charge in [-0.2, -0.15) is 0 Å². The molecule has 0 saturated carbocycles. The van der Waals surface area contributed by atoms with Crippen LogP contribution in [0.1, 0.15) is 18.9 Å². The molecule has 0 spiro atoms. The normalized spacial score (nSPS) is 9.94. The highest BCUT2D eigenvalue weighted by Gasteiger charge is 2.06. The monoisotopic (exact) mass is 255 g/mol. The zero-order chi connectivity index (χ0) is 13.0. The van der Waals surface area contributed by atoms with E-state index < -0.39 is 0 Å².